The molecule has 3 fully saturated rings. The summed E-state index contributed by atoms with van der Waals surface area (Å²) < 4.78 is 5.39. The summed E-state index contributed by atoms with van der Waals surface area (Å²) in [6.07, 6.45) is 5.95. The highest BCUT2D eigenvalue weighted by Gasteiger charge is 2.38. The van der Waals surface area contributed by atoms with Crippen LogP contribution < -0.4 is 10.1 Å². The lowest BCUT2D eigenvalue weighted by Crippen LogP contribution is -2.57. The van der Waals surface area contributed by atoms with E-state index in [9.17, 15) is 9.59 Å². The van der Waals surface area contributed by atoms with E-state index in [0.29, 0.717) is 46.5 Å². The van der Waals surface area contributed by atoms with Crippen LogP contribution in [0.25, 0.3) is 0 Å². The van der Waals surface area contributed by atoms with Gasteiger partial charge in [0.05, 0.1) is 12.7 Å². The van der Waals surface area contributed by atoms with Gasteiger partial charge in [0, 0.05) is 43.7 Å². The summed E-state index contributed by atoms with van der Waals surface area (Å²) in [5, 5.41) is 4.23. The number of piperidine rings is 2. The Balaban J connectivity index is 1.35. The van der Waals surface area contributed by atoms with Crippen molar-refractivity contribution in [3.63, 3.8) is 0 Å². The van der Waals surface area contributed by atoms with Gasteiger partial charge in [-0.3, -0.25) is 9.59 Å². The van der Waals surface area contributed by atoms with Crippen LogP contribution >= 0.6 is 11.6 Å². The second-order valence-electron chi connectivity index (χ2n) is 8.91. The molecular weight excluding hydrogens is 402 g/mol. The number of nitrogens with one attached hydrogen (secondary N) is 1. The number of benzene rings is 1. The number of methoxy groups -OCH3 is 1. The molecule has 2 amide bonds. The number of halogens is 1. The minimum atomic E-state index is -0.00564. The summed E-state index contributed by atoms with van der Waals surface area (Å²) in [5.41, 5.74) is 0.533. The van der Waals surface area contributed by atoms with E-state index in [1.165, 1.54) is 0 Å². The van der Waals surface area contributed by atoms with E-state index in [4.69, 9.17) is 16.3 Å². The molecular formula is C23H32ClN3O3. The molecule has 164 valence electrons. The third-order valence-corrected chi connectivity index (χ3v) is 7.09. The summed E-state index contributed by atoms with van der Waals surface area (Å²) >= 11 is 6.14. The maximum absolute atomic E-state index is 13.2. The third-order valence-electron chi connectivity index (χ3n) is 6.85. The molecule has 1 aromatic rings. The Labute approximate surface area is 183 Å². The van der Waals surface area contributed by atoms with E-state index < -0.39 is 0 Å². The average molecular weight is 434 g/mol. The number of ether oxygens (including phenoxy) is 1. The first-order valence-electron chi connectivity index (χ1n) is 11.2. The van der Waals surface area contributed by atoms with Crippen molar-refractivity contribution in [3.8, 4) is 5.75 Å². The summed E-state index contributed by atoms with van der Waals surface area (Å²) in [5.74, 6) is 1.76. The topological polar surface area (TPSA) is 61.9 Å². The van der Waals surface area contributed by atoms with Gasteiger partial charge in [0.2, 0.25) is 5.91 Å². The molecule has 4 rings (SSSR count). The molecule has 0 saturated carbocycles. The zero-order chi connectivity index (χ0) is 21.1. The van der Waals surface area contributed by atoms with Gasteiger partial charge in [0.15, 0.2) is 0 Å². The lowest BCUT2D eigenvalue weighted by Gasteiger charge is -2.46. The van der Waals surface area contributed by atoms with Gasteiger partial charge < -0.3 is 19.9 Å². The minimum absolute atomic E-state index is 0.00564. The molecule has 0 spiro atoms. The van der Waals surface area contributed by atoms with Crippen LogP contribution in [-0.2, 0) is 4.79 Å². The highest BCUT2D eigenvalue weighted by molar-refractivity contribution is 6.31. The Morgan fingerprint density at radius 3 is 2.77 bits per heavy atom. The minimum Gasteiger partial charge on any atom is -0.496 e. The van der Waals surface area contributed by atoms with Crippen molar-refractivity contribution >= 4 is 23.4 Å². The monoisotopic (exact) mass is 433 g/mol. The van der Waals surface area contributed by atoms with Crippen LogP contribution in [0.2, 0.25) is 5.02 Å². The molecule has 1 N–H and O–H groups in total. The summed E-state index contributed by atoms with van der Waals surface area (Å²) in [6.45, 7) is 4.28. The molecule has 30 heavy (non-hydrogen) atoms. The first kappa shape index (κ1) is 21.4. The van der Waals surface area contributed by atoms with Crippen LogP contribution in [0.1, 0.15) is 48.9 Å². The fourth-order valence-electron chi connectivity index (χ4n) is 5.29. The number of amides is 2. The number of rotatable bonds is 6. The molecule has 2 bridgehead atoms. The lowest BCUT2D eigenvalue weighted by molar-refractivity contribution is -0.130. The van der Waals surface area contributed by atoms with E-state index in [2.05, 4.69) is 5.32 Å². The number of carbonyl (C=O) groups excluding carboxylic acids is 2. The molecule has 0 aromatic heterocycles. The van der Waals surface area contributed by atoms with Crippen LogP contribution in [0.4, 0.5) is 0 Å². The van der Waals surface area contributed by atoms with Crippen molar-refractivity contribution in [2.45, 2.75) is 44.6 Å². The first-order valence-corrected chi connectivity index (χ1v) is 11.6. The standard InChI is InChI=1S/C23H32ClN3O3/c1-30-21-8-7-18(24)12-19(21)23(29)27-14-16-11-17(15-27)20(25-13-16)5-4-6-22(28)26-9-2-3-10-26/h7-8,12,16-17,20,25H,2-6,9-11,13-15H2,1H3. The molecule has 3 aliphatic rings. The van der Waals surface area contributed by atoms with Crippen LogP contribution in [0.3, 0.4) is 0 Å². The summed E-state index contributed by atoms with van der Waals surface area (Å²) in [7, 11) is 1.58. The molecule has 3 heterocycles. The van der Waals surface area contributed by atoms with Crippen molar-refractivity contribution in [1.82, 2.24) is 15.1 Å². The van der Waals surface area contributed by atoms with Crippen LogP contribution in [0.5, 0.6) is 5.75 Å². The van der Waals surface area contributed by atoms with Crippen LogP contribution in [0.15, 0.2) is 18.2 Å². The van der Waals surface area contributed by atoms with Gasteiger partial charge in [-0.05, 0) is 68.7 Å². The molecule has 3 atom stereocenters. The predicted octanol–water partition coefficient (Wildman–Crippen LogP) is 3.19. The number of carbonyl (C=O) groups is 2. The van der Waals surface area contributed by atoms with Gasteiger partial charge in [-0.2, -0.15) is 0 Å². The van der Waals surface area contributed by atoms with Crippen molar-refractivity contribution in [2.75, 3.05) is 39.8 Å². The maximum atomic E-state index is 13.2. The van der Waals surface area contributed by atoms with Gasteiger partial charge in [-0.15, -0.1) is 0 Å². The van der Waals surface area contributed by atoms with Gasteiger partial charge in [0.25, 0.3) is 5.91 Å². The largest absolute Gasteiger partial charge is 0.496 e. The molecule has 7 heteroatoms. The number of hydrogen-bond donors (Lipinski definition) is 1. The second kappa shape index (κ2) is 9.56. The van der Waals surface area contributed by atoms with Gasteiger partial charge >= 0.3 is 0 Å². The Kier molecular flexibility index (Phi) is 6.84. The Morgan fingerprint density at radius 2 is 2.00 bits per heavy atom. The van der Waals surface area contributed by atoms with E-state index in [0.717, 1.165) is 64.8 Å². The van der Waals surface area contributed by atoms with Crippen molar-refractivity contribution < 1.29 is 14.3 Å². The Bertz CT molecular complexity index is 781. The molecule has 3 unspecified atom stereocenters. The first-order chi connectivity index (χ1) is 14.5. The molecule has 3 saturated heterocycles. The Hall–Kier alpha value is -1.79. The number of likely N-dealkylation sites (tertiary alicyclic amines) is 2. The average Bonchev–Trinajstić information content (AvgIpc) is 3.29. The van der Waals surface area contributed by atoms with E-state index in [1.807, 2.05) is 9.80 Å². The normalized spacial score (nSPS) is 26.0. The zero-order valence-electron chi connectivity index (χ0n) is 17.7. The molecule has 6 nitrogen and oxygen atoms in total. The third kappa shape index (κ3) is 4.75. The van der Waals surface area contributed by atoms with Crippen molar-refractivity contribution in [1.29, 1.82) is 0 Å². The SMILES string of the molecule is COc1ccc(Cl)cc1C(=O)N1CC2CNC(CCCC(=O)N3CCCC3)C(C2)C1. The van der Waals surface area contributed by atoms with Crippen molar-refractivity contribution in [3.05, 3.63) is 28.8 Å². The summed E-state index contributed by atoms with van der Waals surface area (Å²) in [6, 6.07) is 5.56. The van der Waals surface area contributed by atoms with Crippen molar-refractivity contribution in [2.24, 2.45) is 11.8 Å². The predicted molar refractivity (Wildman–Crippen MR) is 117 cm³/mol. The fourth-order valence-corrected chi connectivity index (χ4v) is 5.46. The Morgan fingerprint density at radius 1 is 1.20 bits per heavy atom. The maximum Gasteiger partial charge on any atom is 0.257 e. The van der Waals surface area contributed by atoms with Crippen LogP contribution in [-0.4, -0.2) is 67.5 Å². The highest BCUT2D eigenvalue weighted by Crippen LogP contribution is 2.33. The number of nitrogens with zero attached hydrogens (tertiary/aromatic N) is 2. The number of fused-ring (bicyclic) bond motifs is 2. The van der Waals surface area contributed by atoms with Gasteiger partial charge in [0.1, 0.15) is 5.75 Å². The zero-order valence-corrected chi connectivity index (χ0v) is 18.5. The molecule has 1 aromatic carbocycles. The van der Waals surface area contributed by atoms with Gasteiger partial charge in [-0.25, -0.2) is 0 Å². The lowest BCUT2D eigenvalue weighted by atomic mass is 9.78. The van der Waals surface area contributed by atoms with E-state index in [-0.39, 0.29) is 5.91 Å². The van der Waals surface area contributed by atoms with Crippen LogP contribution in [0, 0.1) is 11.8 Å². The van der Waals surface area contributed by atoms with E-state index in [1.54, 1.807) is 25.3 Å². The molecule has 3 aliphatic heterocycles. The molecule has 0 radical (unpaired) electrons. The quantitative estimate of drug-likeness (QED) is 0.748. The summed E-state index contributed by atoms with van der Waals surface area (Å²) in [4.78, 5) is 29.5. The fraction of sp³-hybridized carbons (Fsp3) is 0.652. The number of hydrogen-bond acceptors (Lipinski definition) is 4. The highest BCUT2D eigenvalue weighted by atomic mass is 35.5. The molecule has 0 aliphatic carbocycles. The van der Waals surface area contributed by atoms with E-state index >= 15 is 0 Å². The smallest absolute Gasteiger partial charge is 0.257 e. The second-order valence-corrected chi connectivity index (χ2v) is 9.35. The van der Waals surface area contributed by atoms with Gasteiger partial charge in [-0.1, -0.05) is 11.6 Å².